The molecule has 0 fully saturated rings. The van der Waals surface area contributed by atoms with E-state index >= 15 is 0 Å². The molecular weight excluding hydrogens is 308 g/mol. The standard InChI is InChI=1S/C18H18N2O4/c1-2-24-17(22)12-16(21)20-15-11-7-6-10-14(15)18(23)19-13-8-4-3-5-9-13/h3-11H,2,12H2,1H3,(H,19,23)(H,20,21). The van der Waals surface area contributed by atoms with Gasteiger partial charge in [-0.2, -0.15) is 0 Å². The largest absolute Gasteiger partial charge is 0.466 e. The smallest absolute Gasteiger partial charge is 0.315 e. The van der Waals surface area contributed by atoms with Crippen LogP contribution in [0.5, 0.6) is 0 Å². The maximum Gasteiger partial charge on any atom is 0.315 e. The second-order valence-electron chi connectivity index (χ2n) is 4.90. The second kappa shape index (κ2) is 8.47. The lowest BCUT2D eigenvalue weighted by molar-refractivity contribution is -0.145. The fourth-order valence-electron chi connectivity index (χ4n) is 2.05. The SMILES string of the molecule is CCOC(=O)CC(=O)Nc1ccccc1C(=O)Nc1ccccc1. The van der Waals surface area contributed by atoms with E-state index in [1.54, 1.807) is 43.3 Å². The lowest BCUT2D eigenvalue weighted by Crippen LogP contribution is -2.21. The highest BCUT2D eigenvalue weighted by molar-refractivity contribution is 6.11. The first kappa shape index (κ1) is 17.2. The van der Waals surface area contributed by atoms with Crippen molar-refractivity contribution in [2.75, 3.05) is 17.2 Å². The summed E-state index contributed by atoms with van der Waals surface area (Å²) >= 11 is 0. The third kappa shape index (κ3) is 4.95. The van der Waals surface area contributed by atoms with E-state index in [1.165, 1.54) is 0 Å². The predicted molar refractivity (Wildman–Crippen MR) is 90.7 cm³/mol. The Morgan fingerprint density at radius 1 is 0.917 bits per heavy atom. The van der Waals surface area contributed by atoms with Gasteiger partial charge in [-0.3, -0.25) is 14.4 Å². The van der Waals surface area contributed by atoms with E-state index in [4.69, 9.17) is 4.74 Å². The minimum atomic E-state index is -0.610. The molecule has 24 heavy (non-hydrogen) atoms. The molecule has 0 spiro atoms. The summed E-state index contributed by atoms with van der Waals surface area (Å²) in [5.74, 6) is -1.50. The molecule has 2 rings (SSSR count). The highest BCUT2D eigenvalue weighted by Gasteiger charge is 2.15. The van der Waals surface area contributed by atoms with Crippen LogP contribution in [-0.4, -0.2) is 24.4 Å². The van der Waals surface area contributed by atoms with Crippen molar-refractivity contribution in [1.29, 1.82) is 0 Å². The van der Waals surface area contributed by atoms with E-state index in [0.717, 1.165) is 0 Å². The van der Waals surface area contributed by atoms with Crippen molar-refractivity contribution in [2.45, 2.75) is 13.3 Å². The molecule has 0 aliphatic carbocycles. The average Bonchev–Trinajstić information content (AvgIpc) is 2.56. The number of benzene rings is 2. The third-order valence-electron chi connectivity index (χ3n) is 3.09. The first-order valence-corrected chi connectivity index (χ1v) is 7.51. The lowest BCUT2D eigenvalue weighted by atomic mass is 10.1. The maximum atomic E-state index is 12.4. The van der Waals surface area contributed by atoms with Gasteiger partial charge in [-0.05, 0) is 31.2 Å². The van der Waals surface area contributed by atoms with Gasteiger partial charge in [0.2, 0.25) is 5.91 Å². The van der Waals surface area contributed by atoms with Crippen LogP contribution in [0.1, 0.15) is 23.7 Å². The van der Waals surface area contributed by atoms with E-state index in [1.807, 2.05) is 18.2 Å². The molecule has 6 nitrogen and oxygen atoms in total. The molecule has 0 radical (unpaired) electrons. The molecule has 0 unspecified atom stereocenters. The number of hydrogen-bond acceptors (Lipinski definition) is 4. The zero-order valence-corrected chi connectivity index (χ0v) is 13.2. The number of esters is 1. The topological polar surface area (TPSA) is 84.5 Å². The highest BCUT2D eigenvalue weighted by atomic mass is 16.5. The van der Waals surface area contributed by atoms with Crippen molar-refractivity contribution in [3.63, 3.8) is 0 Å². The number of ether oxygens (including phenoxy) is 1. The van der Waals surface area contributed by atoms with Crippen LogP contribution in [0.25, 0.3) is 0 Å². The zero-order chi connectivity index (χ0) is 17.4. The molecule has 0 saturated carbocycles. The molecule has 2 amide bonds. The quantitative estimate of drug-likeness (QED) is 0.631. The molecule has 0 aliphatic heterocycles. The number of hydrogen-bond donors (Lipinski definition) is 2. The average molecular weight is 326 g/mol. The van der Waals surface area contributed by atoms with Crippen LogP contribution in [0.2, 0.25) is 0 Å². The monoisotopic (exact) mass is 326 g/mol. The Balaban J connectivity index is 2.08. The fraction of sp³-hybridized carbons (Fsp3) is 0.167. The summed E-state index contributed by atoms with van der Waals surface area (Å²) in [7, 11) is 0. The summed E-state index contributed by atoms with van der Waals surface area (Å²) in [5, 5.41) is 5.32. The number of carbonyl (C=O) groups excluding carboxylic acids is 3. The summed E-state index contributed by atoms with van der Waals surface area (Å²) < 4.78 is 4.73. The van der Waals surface area contributed by atoms with Crippen LogP contribution in [0, 0.1) is 0 Å². The molecule has 0 aliphatic rings. The van der Waals surface area contributed by atoms with E-state index in [-0.39, 0.29) is 12.5 Å². The van der Waals surface area contributed by atoms with Gasteiger partial charge in [0.15, 0.2) is 0 Å². The van der Waals surface area contributed by atoms with Gasteiger partial charge in [-0.25, -0.2) is 0 Å². The Morgan fingerprint density at radius 2 is 1.58 bits per heavy atom. The van der Waals surface area contributed by atoms with Gasteiger partial charge < -0.3 is 15.4 Å². The Labute approximate surface area is 139 Å². The Bertz CT molecular complexity index is 729. The lowest BCUT2D eigenvalue weighted by Gasteiger charge is -2.11. The van der Waals surface area contributed by atoms with Crippen LogP contribution in [0.3, 0.4) is 0 Å². The minimum absolute atomic E-state index is 0.210. The maximum absolute atomic E-state index is 12.4. The van der Waals surface area contributed by atoms with Crippen LogP contribution in [0.15, 0.2) is 54.6 Å². The summed E-state index contributed by atoms with van der Waals surface area (Å²) in [6.07, 6.45) is -0.400. The zero-order valence-electron chi connectivity index (χ0n) is 13.2. The minimum Gasteiger partial charge on any atom is -0.466 e. The van der Waals surface area contributed by atoms with Crippen molar-refractivity contribution in [2.24, 2.45) is 0 Å². The van der Waals surface area contributed by atoms with E-state index < -0.39 is 18.3 Å². The predicted octanol–water partition coefficient (Wildman–Crippen LogP) is 2.83. The van der Waals surface area contributed by atoms with E-state index in [2.05, 4.69) is 10.6 Å². The number of anilines is 2. The van der Waals surface area contributed by atoms with Crippen molar-refractivity contribution in [3.8, 4) is 0 Å². The first-order chi connectivity index (χ1) is 11.6. The van der Waals surface area contributed by atoms with Crippen molar-refractivity contribution in [1.82, 2.24) is 0 Å². The van der Waals surface area contributed by atoms with Crippen LogP contribution in [0.4, 0.5) is 11.4 Å². The molecular formula is C18H18N2O4. The van der Waals surface area contributed by atoms with E-state index in [0.29, 0.717) is 16.9 Å². The van der Waals surface area contributed by atoms with Crippen molar-refractivity contribution >= 4 is 29.2 Å². The fourth-order valence-corrected chi connectivity index (χ4v) is 2.05. The van der Waals surface area contributed by atoms with Gasteiger partial charge in [0.05, 0.1) is 17.9 Å². The van der Waals surface area contributed by atoms with Crippen LogP contribution in [-0.2, 0) is 14.3 Å². The molecule has 2 aromatic rings. The molecule has 0 heterocycles. The molecule has 2 aromatic carbocycles. The first-order valence-electron chi connectivity index (χ1n) is 7.51. The molecule has 6 heteroatoms. The van der Waals surface area contributed by atoms with Gasteiger partial charge in [0, 0.05) is 5.69 Å². The van der Waals surface area contributed by atoms with Crippen LogP contribution < -0.4 is 10.6 Å². The summed E-state index contributed by atoms with van der Waals surface area (Å²) in [6.45, 7) is 1.88. The van der Waals surface area contributed by atoms with Gasteiger partial charge in [0.25, 0.3) is 5.91 Å². The van der Waals surface area contributed by atoms with Gasteiger partial charge in [0.1, 0.15) is 6.42 Å². The molecule has 0 atom stereocenters. The molecule has 124 valence electrons. The van der Waals surface area contributed by atoms with Crippen molar-refractivity contribution in [3.05, 3.63) is 60.2 Å². The third-order valence-corrected chi connectivity index (χ3v) is 3.09. The highest BCUT2D eigenvalue weighted by Crippen LogP contribution is 2.17. The Morgan fingerprint density at radius 3 is 2.29 bits per heavy atom. The van der Waals surface area contributed by atoms with Gasteiger partial charge in [-0.15, -0.1) is 0 Å². The normalized spacial score (nSPS) is 9.88. The van der Waals surface area contributed by atoms with E-state index in [9.17, 15) is 14.4 Å². The Kier molecular flexibility index (Phi) is 6.08. The molecule has 0 aromatic heterocycles. The summed E-state index contributed by atoms with van der Waals surface area (Å²) in [6, 6.07) is 15.6. The number of rotatable bonds is 6. The summed E-state index contributed by atoms with van der Waals surface area (Å²) in [5.41, 5.74) is 1.29. The second-order valence-corrected chi connectivity index (χ2v) is 4.90. The van der Waals surface area contributed by atoms with Gasteiger partial charge in [-0.1, -0.05) is 30.3 Å². The molecule has 2 N–H and O–H groups in total. The molecule has 0 saturated heterocycles. The van der Waals surface area contributed by atoms with Crippen molar-refractivity contribution < 1.29 is 19.1 Å². The number of amides is 2. The molecule has 0 bridgehead atoms. The Hall–Kier alpha value is -3.15. The number of carbonyl (C=O) groups is 3. The van der Waals surface area contributed by atoms with Gasteiger partial charge >= 0.3 is 5.97 Å². The summed E-state index contributed by atoms with van der Waals surface area (Å²) in [4.78, 5) is 35.6. The number of nitrogens with one attached hydrogen (secondary N) is 2. The van der Waals surface area contributed by atoms with Crippen LogP contribution >= 0.6 is 0 Å². The number of para-hydroxylation sites is 2.